The highest BCUT2D eigenvalue weighted by Gasteiger charge is 2.17. The average molecular weight is 944 g/mol. The quantitative estimate of drug-likeness (QED) is 0.0345. The second-order valence-electron chi connectivity index (χ2n) is 18.4. The summed E-state index contributed by atoms with van der Waals surface area (Å²) in [6.07, 6.45) is 79.7. The van der Waals surface area contributed by atoms with Crippen molar-refractivity contribution in [2.45, 2.75) is 258 Å². The van der Waals surface area contributed by atoms with Crippen LogP contribution in [0.3, 0.4) is 0 Å². The van der Waals surface area contributed by atoms with E-state index in [2.05, 4.69) is 130 Å². The van der Waals surface area contributed by atoms with Crippen LogP contribution in [0.2, 0.25) is 0 Å². The molecule has 0 aliphatic carbocycles. The smallest absolute Gasteiger partial charge is 0.306 e. The number of hydrogen-bond acceptors (Lipinski definition) is 5. The molecule has 68 heavy (non-hydrogen) atoms. The molecule has 0 rings (SSSR count). The lowest BCUT2D eigenvalue weighted by Crippen LogP contribution is -2.30. The summed E-state index contributed by atoms with van der Waals surface area (Å²) in [5.41, 5.74) is 0. The number of esters is 2. The first-order valence-corrected chi connectivity index (χ1v) is 28.4. The third kappa shape index (κ3) is 55.2. The first kappa shape index (κ1) is 64.6. The highest BCUT2D eigenvalue weighted by atomic mass is 16.6. The van der Waals surface area contributed by atoms with Gasteiger partial charge in [0.1, 0.15) is 6.61 Å². The maximum Gasteiger partial charge on any atom is 0.306 e. The predicted molar refractivity (Wildman–Crippen MR) is 297 cm³/mol. The van der Waals surface area contributed by atoms with Gasteiger partial charge in [-0.2, -0.15) is 0 Å². The van der Waals surface area contributed by atoms with Gasteiger partial charge in [0, 0.05) is 19.4 Å². The molecule has 0 N–H and O–H groups in total. The summed E-state index contributed by atoms with van der Waals surface area (Å²) in [4.78, 5) is 25.5. The molecule has 0 spiro atoms. The highest BCUT2D eigenvalue weighted by molar-refractivity contribution is 5.70. The molecule has 1 atom stereocenters. The Hall–Kier alpha value is -3.44. The monoisotopic (exact) mass is 943 g/mol. The van der Waals surface area contributed by atoms with Gasteiger partial charge in [-0.3, -0.25) is 9.59 Å². The largest absolute Gasteiger partial charge is 0.462 e. The fraction of sp³-hybridized carbons (Fsp3) is 0.683. The fourth-order valence-electron chi connectivity index (χ4n) is 7.60. The van der Waals surface area contributed by atoms with Gasteiger partial charge in [-0.25, -0.2) is 0 Å². The van der Waals surface area contributed by atoms with E-state index in [0.717, 1.165) is 109 Å². The van der Waals surface area contributed by atoms with Gasteiger partial charge in [0.15, 0.2) is 6.10 Å². The Morgan fingerprint density at radius 3 is 1.10 bits per heavy atom. The van der Waals surface area contributed by atoms with E-state index < -0.39 is 6.10 Å². The molecule has 0 radical (unpaired) electrons. The minimum Gasteiger partial charge on any atom is -0.462 e. The third-order valence-electron chi connectivity index (χ3n) is 11.8. The van der Waals surface area contributed by atoms with Gasteiger partial charge >= 0.3 is 11.9 Å². The van der Waals surface area contributed by atoms with E-state index in [-0.39, 0.29) is 25.2 Å². The molecule has 0 aliphatic heterocycles. The number of allylic oxidation sites excluding steroid dienone is 18. The van der Waals surface area contributed by atoms with E-state index in [1.54, 1.807) is 0 Å². The maximum absolute atomic E-state index is 12.8. The zero-order valence-corrected chi connectivity index (χ0v) is 44.6. The van der Waals surface area contributed by atoms with E-state index in [1.807, 2.05) is 0 Å². The summed E-state index contributed by atoms with van der Waals surface area (Å²) >= 11 is 0. The minimum absolute atomic E-state index is 0.0564. The Kier molecular flexibility index (Phi) is 54.9. The molecule has 0 fully saturated rings. The fourth-order valence-corrected chi connectivity index (χ4v) is 7.60. The molecule has 0 aromatic rings. The van der Waals surface area contributed by atoms with Crippen LogP contribution in [0.25, 0.3) is 0 Å². The SMILES string of the molecule is CC/C=C\C/C=C\C/C=C\C/C=C\CCCCCCCCCOCC(COC(=O)CCCCCCCCC/C=C\CCCCCCCC)OC(=O)CCCC/C=C\C/C=C\C/C=C\C/C=C\CC. The number of carbonyl (C=O) groups is 2. The van der Waals surface area contributed by atoms with Gasteiger partial charge in [-0.15, -0.1) is 0 Å². The first-order valence-electron chi connectivity index (χ1n) is 28.4. The molecule has 0 aliphatic rings. The molecular weight excluding hydrogens is 837 g/mol. The molecule has 1 unspecified atom stereocenters. The number of ether oxygens (including phenoxy) is 3. The summed E-state index contributed by atoms with van der Waals surface area (Å²) in [6.45, 7) is 7.53. The van der Waals surface area contributed by atoms with Gasteiger partial charge in [0.2, 0.25) is 0 Å². The van der Waals surface area contributed by atoms with E-state index in [9.17, 15) is 9.59 Å². The normalized spacial score (nSPS) is 13.0. The van der Waals surface area contributed by atoms with Crippen molar-refractivity contribution in [2.75, 3.05) is 19.8 Å². The van der Waals surface area contributed by atoms with Crippen molar-refractivity contribution in [2.24, 2.45) is 0 Å². The molecule has 0 bridgehead atoms. The summed E-state index contributed by atoms with van der Waals surface area (Å²) in [7, 11) is 0. The lowest BCUT2D eigenvalue weighted by molar-refractivity contribution is -0.163. The minimum atomic E-state index is -0.573. The molecular formula is C63H106O5. The molecule has 0 saturated heterocycles. The molecule has 0 saturated carbocycles. The number of unbranched alkanes of at least 4 members (excludes halogenated alkanes) is 22. The molecule has 388 valence electrons. The standard InChI is InChI=1S/C63H106O5/c1-4-7-10-13-16-19-22-25-28-30-31-32-34-37-40-43-46-49-52-55-58-66-59-61(68-63(65)57-54-51-48-45-42-39-35-27-24-21-18-15-12-9-6-3)60-67-62(64)56-53-50-47-44-41-38-36-33-29-26-23-20-17-14-11-8-5-2/h7,9-10,12,16,18-19,21,25-29,31-32,35,42,45,61H,4-6,8,11,13-15,17,20,22-24,30,33-34,36-41,43-44,46-60H2,1-3H3/b10-7-,12-9-,19-16-,21-18-,28-25-,29-26-,32-31-,35-27-,45-42-. The van der Waals surface area contributed by atoms with Gasteiger partial charge in [-0.05, 0) is 122 Å². The Bertz CT molecular complexity index is 1340. The van der Waals surface area contributed by atoms with Gasteiger partial charge in [0.25, 0.3) is 0 Å². The van der Waals surface area contributed by atoms with Crippen LogP contribution in [-0.4, -0.2) is 37.9 Å². The van der Waals surface area contributed by atoms with Crippen molar-refractivity contribution in [1.82, 2.24) is 0 Å². The summed E-state index contributed by atoms with van der Waals surface area (Å²) in [6, 6.07) is 0. The van der Waals surface area contributed by atoms with Crippen LogP contribution in [0.1, 0.15) is 252 Å². The number of hydrogen-bond donors (Lipinski definition) is 0. The van der Waals surface area contributed by atoms with Crippen molar-refractivity contribution in [3.8, 4) is 0 Å². The lowest BCUT2D eigenvalue weighted by Gasteiger charge is -2.18. The zero-order valence-electron chi connectivity index (χ0n) is 44.6. The van der Waals surface area contributed by atoms with Crippen LogP contribution in [0.15, 0.2) is 109 Å². The summed E-state index contributed by atoms with van der Waals surface area (Å²) in [5.74, 6) is -0.457. The Morgan fingerprint density at radius 2 is 0.662 bits per heavy atom. The third-order valence-corrected chi connectivity index (χ3v) is 11.8. The van der Waals surface area contributed by atoms with Gasteiger partial charge in [-0.1, -0.05) is 226 Å². The topological polar surface area (TPSA) is 61.8 Å². The second-order valence-corrected chi connectivity index (χ2v) is 18.4. The lowest BCUT2D eigenvalue weighted by atomic mass is 10.1. The Labute approximate surface area is 421 Å². The van der Waals surface area contributed by atoms with E-state index >= 15 is 0 Å². The maximum atomic E-state index is 12.8. The predicted octanol–water partition coefficient (Wildman–Crippen LogP) is 19.6. The molecule has 5 heteroatoms. The summed E-state index contributed by atoms with van der Waals surface area (Å²) in [5, 5.41) is 0. The van der Waals surface area contributed by atoms with E-state index in [0.29, 0.717) is 19.4 Å². The van der Waals surface area contributed by atoms with Crippen LogP contribution in [0.5, 0.6) is 0 Å². The van der Waals surface area contributed by atoms with Crippen LogP contribution < -0.4 is 0 Å². The molecule has 0 aromatic carbocycles. The van der Waals surface area contributed by atoms with E-state index in [4.69, 9.17) is 14.2 Å². The van der Waals surface area contributed by atoms with Crippen molar-refractivity contribution >= 4 is 11.9 Å². The second kappa shape index (κ2) is 57.9. The Morgan fingerprint density at radius 1 is 0.338 bits per heavy atom. The number of carbonyl (C=O) groups excluding carboxylic acids is 2. The van der Waals surface area contributed by atoms with Crippen LogP contribution in [-0.2, 0) is 23.8 Å². The van der Waals surface area contributed by atoms with Crippen molar-refractivity contribution < 1.29 is 23.8 Å². The highest BCUT2D eigenvalue weighted by Crippen LogP contribution is 2.14. The summed E-state index contributed by atoms with van der Waals surface area (Å²) < 4.78 is 17.4. The van der Waals surface area contributed by atoms with Crippen LogP contribution >= 0.6 is 0 Å². The molecule has 0 heterocycles. The zero-order chi connectivity index (χ0) is 49.2. The van der Waals surface area contributed by atoms with Gasteiger partial charge in [0.05, 0.1) is 6.61 Å². The Balaban J connectivity index is 4.36. The molecule has 0 aromatic heterocycles. The first-order chi connectivity index (χ1) is 33.6. The van der Waals surface area contributed by atoms with Crippen molar-refractivity contribution in [3.05, 3.63) is 109 Å². The van der Waals surface area contributed by atoms with Crippen LogP contribution in [0, 0.1) is 0 Å². The van der Waals surface area contributed by atoms with Crippen molar-refractivity contribution in [1.29, 1.82) is 0 Å². The van der Waals surface area contributed by atoms with Crippen molar-refractivity contribution in [3.63, 3.8) is 0 Å². The number of rotatable bonds is 51. The average Bonchev–Trinajstić information content (AvgIpc) is 3.34. The molecule has 5 nitrogen and oxygen atoms in total. The van der Waals surface area contributed by atoms with Gasteiger partial charge < -0.3 is 14.2 Å². The van der Waals surface area contributed by atoms with Crippen LogP contribution in [0.4, 0.5) is 0 Å². The van der Waals surface area contributed by atoms with E-state index in [1.165, 1.54) is 109 Å². The molecule has 0 amide bonds.